The van der Waals surface area contributed by atoms with E-state index in [-0.39, 0.29) is 23.9 Å². The Kier molecular flexibility index (Phi) is 7.41. The first-order valence-corrected chi connectivity index (χ1v) is 9.32. The Morgan fingerprint density at radius 1 is 1.12 bits per heavy atom. The lowest BCUT2D eigenvalue weighted by molar-refractivity contribution is -1.01. The van der Waals surface area contributed by atoms with Crippen LogP contribution in [0.25, 0.3) is 0 Å². The maximum atomic E-state index is 12.6. The van der Waals surface area contributed by atoms with Crippen LogP contribution in [-0.2, 0) is 9.59 Å². The van der Waals surface area contributed by atoms with Crippen LogP contribution >= 0.6 is 0 Å². The quantitative estimate of drug-likeness (QED) is 0.467. The van der Waals surface area contributed by atoms with Crippen LogP contribution in [0.1, 0.15) is 20.8 Å². The van der Waals surface area contributed by atoms with Gasteiger partial charge in [0.1, 0.15) is 31.9 Å². The summed E-state index contributed by atoms with van der Waals surface area (Å²) < 4.78 is 5.29. The van der Waals surface area contributed by atoms with E-state index in [1.165, 1.54) is 9.80 Å². The lowest BCUT2D eigenvalue weighted by Crippen LogP contribution is -3.30. The first kappa shape index (κ1) is 20.2. The molecule has 0 radical (unpaired) electrons. The third kappa shape index (κ3) is 5.71. The van der Waals surface area contributed by atoms with E-state index < -0.39 is 0 Å². The number of nitrogens with one attached hydrogen (secondary N) is 4. The van der Waals surface area contributed by atoms with Gasteiger partial charge in [0.05, 0.1) is 12.8 Å². The topological polar surface area (TPSA) is 76.3 Å². The predicted octanol–water partition coefficient (Wildman–Crippen LogP) is -1.67. The van der Waals surface area contributed by atoms with Gasteiger partial charge in [0.2, 0.25) is 0 Å². The number of methoxy groups -OCH3 is 1. The highest BCUT2D eigenvalue weighted by Crippen LogP contribution is 2.22. The van der Waals surface area contributed by atoms with Crippen LogP contribution in [0.4, 0.5) is 5.69 Å². The molecule has 0 spiro atoms. The molecule has 144 valence electrons. The number of benzene rings is 1. The van der Waals surface area contributed by atoms with E-state index >= 15 is 0 Å². The molecule has 1 aromatic rings. The third-order valence-corrected chi connectivity index (χ3v) is 4.83. The largest absolute Gasteiger partial charge is 0.495 e. The number of anilines is 1. The van der Waals surface area contributed by atoms with Crippen molar-refractivity contribution in [3.8, 4) is 5.75 Å². The van der Waals surface area contributed by atoms with Gasteiger partial charge >= 0.3 is 0 Å². The Bertz CT molecular complexity index is 613. The fraction of sp³-hybridized carbons (Fsp3) is 0.579. The molecule has 0 saturated carbocycles. The molecule has 1 saturated heterocycles. The molecule has 1 aromatic carbocycles. The first-order chi connectivity index (χ1) is 12.4. The fourth-order valence-electron chi connectivity index (χ4n) is 3.31. The van der Waals surface area contributed by atoms with Crippen LogP contribution in [-0.4, -0.2) is 63.7 Å². The number of piperazine rings is 1. The normalized spacial score (nSPS) is 21.1. The van der Waals surface area contributed by atoms with Crippen molar-refractivity contribution in [1.29, 1.82) is 0 Å². The molecule has 2 rings (SSSR count). The van der Waals surface area contributed by atoms with Gasteiger partial charge in [-0.15, -0.1) is 0 Å². The molecular weight excluding hydrogens is 332 g/mol. The molecule has 1 aliphatic rings. The summed E-state index contributed by atoms with van der Waals surface area (Å²) in [6.45, 7) is 9.95. The van der Waals surface area contributed by atoms with E-state index in [1.54, 1.807) is 7.11 Å². The van der Waals surface area contributed by atoms with Crippen molar-refractivity contribution in [2.75, 3.05) is 45.2 Å². The Hall–Kier alpha value is -2.12. The zero-order chi connectivity index (χ0) is 19.1. The predicted molar refractivity (Wildman–Crippen MR) is 101 cm³/mol. The lowest BCUT2D eigenvalue weighted by atomic mass is 10.2. The molecule has 2 amide bonds. The van der Waals surface area contributed by atoms with Crippen molar-refractivity contribution in [1.82, 2.24) is 5.32 Å². The minimum absolute atomic E-state index is 0.00880. The van der Waals surface area contributed by atoms with Gasteiger partial charge in [-0.1, -0.05) is 12.1 Å². The van der Waals surface area contributed by atoms with Crippen LogP contribution in [0.2, 0.25) is 0 Å². The second-order valence-corrected chi connectivity index (χ2v) is 7.22. The first-order valence-electron chi connectivity index (χ1n) is 9.32. The van der Waals surface area contributed by atoms with Crippen molar-refractivity contribution >= 4 is 17.5 Å². The van der Waals surface area contributed by atoms with Crippen molar-refractivity contribution in [3.05, 3.63) is 24.3 Å². The smallest absolute Gasteiger partial charge is 0.282 e. The average Bonchev–Trinajstić information content (AvgIpc) is 2.61. The highest BCUT2D eigenvalue weighted by Gasteiger charge is 2.32. The standard InChI is InChI=1S/C19H30N4O3/c1-14(2)20-18(24)13-22-9-11-23(12-10-22)15(3)19(25)21-16-7-5-6-8-17(16)26-4/h5-8,14-15H,9-13H2,1-4H3,(H,20,24)(H,21,25)/p+2/t15-/m0/s1. The summed E-state index contributed by atoms with van der Waals surface area (Å²) in [5.74, 6) is 0.749. The van der Waals surface area contributed by atoms with Gasteiger partial charge < -0.3 is 25.2 Å². The minimum Gasteiger partial charge on any atom is -0.495 e. The van der Waals surface area contributed by atoms with Gasteiger partial charge in [0, 0.05) is 6.04 Å². The number of rotatable bonds is 7. The second kappa shape index (κ2) is 9.54. The number of para-hydroxylation sites is 2. The highest BCUT2D eigenvalue weighted by atomic mass is 16.5. The number of carbonyl (C=O) groups is 2. The van der Waals surface area contributed by atoms with E-state index in [9.17, 15) is 9.59 Å². The van der Waals surface area contributed by atoms with Gasteiger partial charge in [-0.2, -0.15) is 0 Å². The molecule has 26 heavy (non-hydrogen) atoms. The highest BCUT2D eigenvalue weighted by molar-refractivity contribution is 5.94. The zero-order valence-corrected chi connectivity index (χ0v) is 16.2. The summed E-state index contributed by atoms with van der Waals surface area (Å²) in [5.41, 5.74) is 0.695. The summed E-state index contributed by atoms with van der Waals surface area (Å²) in [4.78, 5) is 27.0. The van der Waals surface area contributed by atoms with E-state index in [0.29, 0.717) is 18.0 Å². The van der Waals surface area contributed by atoms with E-state index in [4.69, 9.17) is 4.74 Å². The van der Waals surface area contributed by atoms with Gasteiger partial charge in [-0.3, -0.25) is 9.59 Å². The molecule has 0 unspecified atom stereocenters. The Labute approximate surface area is 155 Å². The molecular formula is C19H32N4O3+2. The van der Waals surface area contributed by atoms with Crippen molar-refractivity contribution in [2.45, 2.75) is 32.9 Å². The molecule has 1 fully saturated rings. The van der Waals surface area contributed by atoms with Crippen molar-refractivity contribution in [3.63, 3.8) is 0 Å². The summed E-state index contributed by atoms with van der Waals surface area (Å²) >= 11 is 0. The summed E-state index contributed by atoms with van der Waals surface area (Å²) in [5, 5.41) is 5.91. The molecule has 4 N–H and O–H groups in total. The Morgan fingerprint density at radius 3 is 2.38 bits per heavy atom. The maximum Gasteiger partial charge on any atom is 0.282 e. The number of ether oxygens (including phenoxy) is 1. The molecule has 1 aliphatic heterocycles. The Morgan fingerprint density at radius 2 is 1.77 bits per heavy atom. The van der Waals surface area contributed by atoms with Gasteiger partial charge in [-0.25, -0.2) is 0 Å². The molecule has 7 heteroatoms. The molecule has 0 aromatic heterocycles. The van der Waals surface area contributed by atoms with Crippen molar-refractivity contribution < 1.29 is 24.1 Å². The van der Waals surface area contributed by atoms with Crippen LogP contribution in [0.5, 0.6) is 5.75 Å². The number of carbonyl (C=O) groups excluding carboxylic acids is 2. The average molecular weight is 364 g/mol. The SMILES string of the molecule is COc1ccccc1NC(=O)[C@H](C)[NH+]1CC[NH+](CC(=O)NC(C)C)CC1. The van der Waals surface area contributed by atoms with E-state index in [1.807, 2.05) is 45.0 Å². The summed E-state index contributed by atoms with van der Waals surface area (Å²) in [6.07, 6.45) is 0. The minimum atomic E-state index is -0.147. The molecule has 0 bridgehead atoms. The molecule has 7 nitrogen and oxygen atoms in total. The summed E-state index contributed by atoms with van der Waals surface area (Å²) in [6, 6.07) is 7.45. The van der Waals surface area contributed by atoms with Crippen LogP contribution in [0.15, 0.2) is 24.3 Å². The van der Waals surface area contributed by atoms with Gasteiger partial charge in [-0.05, 0) is 32.9 Å². The Balaban J connectivity index is 1.83. The van der Waals surface area contributed by atoms with E-state index in [0.717, 1.165) is 26.2 Å². The number of hydrogen-bond acceptors (Lipinski definition) is 3. The zero-order valence-electron chi connectivity index (χ0n) is 16.2. The molecule has 0 aliphatic carbocycles. The van der Waals surface area contributed by atoms with Crippen LogP contribution in [0, 0.1) is 0 Å². The number of hydrogen-bond donors (Lipinski definition) is 4. The number of quaternary nitrogens is 2. The summed E-state index contributed by atoms with van der Waals surface area (Å²) in [7, 11) is 1.59. The van der Waals surface area contributed by atoms with Gasteiger partial charge in [0.15, 0.2) is 12.6 Å². The monoisotopic (exact) mass is 364 g/mol. The van der Waals surface area contributed by atoms with E-state index in [2.05, 4.69) is 10.6 Å². The number of amides is 2. The second-order valence-electron chi connectivity index (χ2n) is 7.22. The van der Waals surface area contributed by atoms with Crippen LogP contribution < -0.4 is 25.2 Å². The van der Waals surface area contributed by atoms with Crippen molar-refractivity contribution in [2.24, 2.45) is 0 Å². The lowest BCUT2D eigenvalue weighted by Gasteiger charge is -2.32. The third-order valence-electron chi connectivity index (χ3n) is 4.83. The maximum absolute atomic E-state index is 12.6. The molecule has 1 atom stereocenters. The van der Waals surface area contributed by atoms with Crippen LogP contribution in [0.3, 0.4) is 0 Å². The van der Waals surface area contributed by atoms with Gasteiger partial charge in [0.25, 0.3) is 11.8 Å². The molecule has 1 heterocycles. The fourth-order valence-corrected chi connectivity index (χ4v) is 3.31.